The zero-order chi connectivity index (χ0) is 18.4. The molecule has 0 aliphatic carbocycles. The summed E-state index contributed by atoms with van der Waals surface area (Å²) in [4.78, 5) is 27.3. The molecule has 0 saturated carbocycles. The van der Waals surface area contributed by atoms with Crippen molar-refractivity contribution in [2.24, 2.45) is 4.99 Å². The molecule has 2 rings (SSSR count). The first-order chi connectivity index (χ1) is 11.9. The largest absolute Gasteiger partial charge is 0.490 e. The summed E-state index contributed by atoms with van der Waals surface area (Å²) in [6.45, 7) is 7.76. The fourth-order valence-corrected chi connectivity index (χ4v) is 3.62. The first-order valence-electron chi connectivity index (χ1n) is 7.44. The highest BCUT2D eigenvalue weighted by Crippen LogP contribution is 2.36. The molecule has 0 aromatic heterocycles. The number of carbonyl (C=O) groups is 2. The Balaban J connectivity index is 2.29. The molecule has 0 radical (unpaired) electrons. The molecule has 0 fully saturated rings. The van der Waals surface area contributed by atoms with E-state index in [0.717, 1.165) is 20.9 Å². The normalized spacial score (nSPS) is 15.1. The Kier molecular flexibility index (Phi) is 7.06. The van der Waals surface area contributed by atoms with E-state index in [9.17, 15) is 9.59 Å². The third-order valence-corrected chi connectivity index (χ3v) is 4.58. The predicted octanol–water partition coefficient (Wildman–Crippen LogP) is 3.36. The van der Waals surface area contributed by atoms with E-state index < -0.39 is 0 Å². The molecule has 0 spiro atoms. The molecule has 25 heavy (non-hydrogen) atoms. The van der Waals surface area contributed by atoms with E-state index in [4.69, 9.17) is 9.47 Å². The van der Waals surface area contributed by atoms with Crippen LogP contribution >= 0.6 is 34.4 Å². The topological polar surface area (TPSA) is 77.0 Å². The quantitative estimate of drug-likeness (QED) is 0.391. The second kappa shape index (κ2) is 9.04. The van der Waals surface area contributed by atoms with Crippen molar-refractivity contribution in [3.8, 4) is 11.5 Å². The molecule has 0 atom stereocenters. The van der Waals surface area contributed by atoms with Crippen molar-refractivity contribution in [2.45, 2.75) is 13.8 Å². The Labute approximate surface area is 163 Å². The summed E-state index contributed by atoms with van der Waals surface area (Å²) in [7, 11) is 0. The molecule has 1 aliphatic rings. The van der Waals surface area contributed by atoms with E-state index in [1.165, 1.54) is 6.92 Å². The zero-order valence-electron chi connectivity index (χ0n) is 13.8. The smallest absolute Gasteiger partial charge is 0.286 e. The van der Waals surface area contributed by atoms with Gasteiger partial charge in [-0.05, 0) is 65.0 Å². The highest BCUT2D eigenvalue weighted by molar-refractivity contribution is 14.1. The van der Waals surface area contributed by atoms with Gasteiger partial charge in [0, 0.05) is 6.92 Å². The van der Waals surface area contributed by atoms with Crippen molar-refractivity contribution < 1.29 is 19.1 Å². The summed E-state index contributed by atoms with van der Waals surface area (Å²) in [5, 5.41) is 2.81. The van der Waals surface area contributed by atoms with Crippen LogP contribution in [0.4, 0.5) is 0 Å². The molecule has 1 aromatic rings. The number of benzene rings is 1. The van der Waals surface area contributed by atoms with E-state index in [1.54, 1.807) is 18.2 Å². The standard InChI is InChI=1S/C17H17IN2O4S/c1-4-6-24-15-12(18)7-11(8-13(15)23-5-2)9-14-16(22)20-17(25-14)19-10(3)21/h4,7-9H,1,5-6H2,2-3H3,(H,19,20,21,22). The molecular weight excluding hydrogens is 455 g/mol. The number of amidine groups is 1. The highest BCUT2D eigenvalue weighted by atomic mass is 127. The molecule has 8 heteroatoms. The van der Waals surface area contributed by atoms with Crippen LogP contribution in [0.5, 0.6) is 11.5 Å². The van der Waals surface area contributed by atoms with Crippen LogP contribution in [0.25, 0.3) is 6.08 Å². The second-order valence-corrected chi connectivity index (χ2v) is 7.07. The van der Waals surface area contributed by atoms with Gasteiger partial charge >= 0.3 is 0 Å². The van der Waals surface area contributed by atoms with Crippen LogP contribution in [0.15, 0.2) is 34.7 Å². The number of aliphatic imine (C=N–C) groups is 1. The minimum atomic E-state index is -0.381. The van der Waals surface area contributed by atoms with Crippen molar-refractivity contribution in [3.63, 3.8) is 0 Å². The number of hydrogen-bond donors (Lipinski definition) is 1. The molecule has 1 N–H and O–H groups in total. The summed E-state index contributed by atoms with van der Waals surface area (Å²) in [6.07, 6.45) is 3.38. The highest BCUT2D eigenvalue weighted by Gasteiger charge is 2.23. The van der Waals surface area contributed by atoms with Crippen LogP contribution in [-0.2, 0) is 9.59 Å². The Hall–Kier alpha value is -1.81. The number of carbonyl (C=O) groups excluding carboxylic acids is 2. The minimum Gasteiger partial charge on any atom is -0.490 e. The molecule has 0 bridgehead atoms. The summed E-state index contributed by atoms with van der Waals surface area (Å²) >= 11 is 3.28. The summed E-state index contributed by atoms with van der Waals surface area (Å²) in [6, 6.07) is 3.69. The van der Waals surface area contributed by atoms with Crippen LogP contribution in [0.3, 0.4) is 0 Å². The maximum absolute atomic E-state index is 12.0. The average Bonchev–Trinajstić information content (AvgIpc) is 2.85. The van der Waals surface area contributed by atoms with E-state index >= 15 is 0 Å². The fraction of sp³-hybridized carbons (Fsp3) is 0.235. The molecule has 2 amide bonds. The third kappa shape index (κ3) is 5.33. The fourth-order valence-electron chi connectivity index (χ4n) is 1.98. The molecule has 0 unspecified atom stereocenters. The van der Waals surface area contributed by atoms with Crippen molar-refractivity contribution in [1.82, 2.24) is 5.32 Å². The van der Waals surface area contributed by atoms with Crippen LogP contribution in [0, 0.1) is 3.57 Å². The maximum Gasteiger partial charge on any atom is 0.286 e. The van der Waals surface area contributed by atoms with Crippen molar-refractivity contribution >= 4 is 57.4 Å². The number of ether oxygens (including phenoxy) is 2. The monoisotopic (exact) mass is 472 g/mol. The molecule has 1 aromatic carbocycles. The lowest BCUT2D eigenvalue weighted by atomic mass is 10.2. The van der Waals surface area contributed by atoms with E-state index in [0.29, 0.717) is 29.6 Å². The number of hydrogen-bond acceptors (Lipinski definition) is 5. The van der Waals surface area contributed by atoms with Crippen molar-refractivity contribution in [3.05, 3.63) is 38.8 Å². The molecule has 1 heterocycles. The zero-order valence-corrected chi connectivity index (χ0v) is 16.8. The SMILES string of the molecule is C=CCOc1c(I)cc(C=C2SC(NC(C)=O)=NC2=O)cc1OCC. The first-order valence-corrected chi connectivity index (χ1v) is 9.34. The van der Waals surface area contributed by atoms with Gasteiger partial charge in [0.15, 0.2) is 16.7 Å². The minimum absolute atomic E-state index is 0.266. The Morgan fingerprint density at radius 2 is 2.20 bits per heavy atom. The lowest BCUT2D eigenvalue weighted by Gasteiger charge is -2.13. The Morgan fingerprint density at radius 1 is 1.44 bits per heavy atom. The van der Waals surface area contributed by atoms with Crippen LogP contribution in [-0.4, -0.2) is 30.2 Å². The van der Waals surface area contributed by atoms with Crippen molar-refractivity contribution in [2.75, 3.05) is 13.2 Å². The lowest BCUT2D eigenvalue weighted by molar-refractivity contribution is -0.117. The Morgan fingerprint density at radius 3 is 2.84 bits per heavy atom. The van der Waals surface area contributed by atoms with Gasteiger partial charge in [-0.2, -0.15) is 4.99 Å². The second-order valence-electron chi connectivity index (χ2n) is 4.88. The average molecular weight is 472 g/mol. The molecular formula is C17H17IN2O4S. The molecule has 6 nitrogen and oxygen atoms in total. The number of halogens is 1. The van der Waals surface area contributed by atoms with E-state index in [2.05, 4.69) is 39.5 Å². The molecule has 0 saturated heterocycles. The summed E-state index contributed by atoms with van der Waals surface area (Å²) in [5.74, 6) is 0.595. The van der Waals surface area contributed by atoms with Gasteiger partial charge in [0.1, 0.15) is 6.61 Å². The van der Waals surface area contributed by atoms with Crippen LogP contribution in [0.2, 0.25) is 0 Å². The van der Waals surface area contributed by atoms with Gasteiger partial charge in [-0.1, -0.05) is 12.7 Å². The van der Waals surface area contributed by atoms with E-state index in [-0.39, 0.29) is 17.0 Å². The third-order valence-electron chi connectivity index (χ3n) is 2.88. The maximum atomic E-state index is 12.0. The number of nitrogens with one attached hydrogen (secondary N) is 1. The molecule has 1 aliphatic heterocycles. The van der Waals surface area contributed by atoms with Crippen LogP contribution in [0.1, 0.15) is 19.4 Å². The van der Waals surface area contributed by atoms with Gasteiger partial charge in [0.05, 0.1) is 15.1 Å². The molecule has 132 valence electrons. The summed E-state index contributed by atoms with van der Waals surface area (Å²) in [5.41, 5.74) is 0.786. The number of thioether (sulfide) groups is 1. The van der Waals surface area contributed by atoms with Crippen molar-refractivity contribution in [1.29, 1.82) is 0 Å². The first kappa shape index (κ1) is 19.5. The van der Waals surface area contributed by atoms with Gasteiger partial charge in [-0.15, -0.1) is 0 Å². The van der Waals surface area contributed by atoms with Gasteiger partial charge in [-0.25, -0.2) is 0 Å². The van der Waals surface area contributed by atoms with Gasteiger partial charge in [0.25, 0.3) is 5.91 Å². The van der Waals surface area contributed by atoms with Crippen LogP contribution < -0.4 is 14.8 Å². The lowest BCUT2D eigenvalue weighted by Crippen LogP contribution is -2.23. The number of nitrogens with zero attached hydrogens (tertiary/aromatic N) is 1. The predicted molar refractivity (Wildman–Crippen MR) is 108 cm³/mol. The summed E-state index contributed by atoms with van der Waals surface area (Å²) < 4.78 is 12.2. The van der Waals surface area contributed by atoms with Gasteiger partial charge < -0.3 is 14.8 Å². The number of amides is 2. The Bertz CT molecular complexity index is 774. The van der Waals surface area contributed by atoms with Gasteiger partial charge in [0.2, 0.25) is 5.91 Å². The number of rotatable bonds is 6. The van der Waals surface area contributed by atoms with Gasteiger partial charge in [-0.3, -0.25) is 9.59 Å². The van der Waals surface area contributed by atoms with E-state index in [1.807, 2.05) is 13.0 Å².